The minimum atomic E-state index is 0.295. The predicted molar refractivity (Wildman–Crippen MR) is 84.7 cm³/mol. The highest BCUT2D eigenvalue weighted by Gasteiger charge is 2.09. The second-order valence-electron chi connectivity index (χ2n) is 5.48. The number of nitrogens with zero attached hydrogens (tertiary/aromatic N) is 4. The molecule has 1 aromatic carbocycles. The molecule has 0 bridgehead atoms. The molecule has 0 aliphatic rings. The molecular weight excluding hydrogens is 278 g/mol. The summed E-state index contributed by atoms with van der Waals surface area (Å²) in [7, 11) is 0. The molecule has 0 atom stereocenters. The van der Waals surface area contributed by atoms with E-state index in [1.807, 2.05) is 24.3 Å². The van der Waals surface area contributed by atoms with E-state index in [1.165, 1.54) is 0 Å². The van der Waals surface area contributed by atoms with E-state index in [-0.39, 0.29) is 0 Å². The van der Waals surface area contributed by atoms with Crippen molar-refractivity contribution in [1.29, 1.82) is 0 Å². The third-order valence-corrected chi connectivity index (χ3v) is 3.32. The Morgan fingerprint density at radius 2 is 1.95 bits per heavy atom. The number of anilines is 1. The van der Waals surface area contributed by atoms with E-state index in [9.17, 15) is 0 Å². The molecule has 0 amide bonds. The first-order valence-corrected chi connectivity index (χ1v) is 7.50. The van der Waals surface area contributed by atoms with Gasteiger partial charge in [0.15, 0.2) is 5.82 Å². The molecule has 3 aromatic rings. The van der Waals surface area contributed by atoms with E-state index < -0.39 is 0 Å². The van der Waals surface area contributed by atoms with Gasteiger partial charge in [0, 0.05) is 18.9 Å². The first-order valence-electron chi connectivity index (χ1n) is 7.50. The topological polar surface area (TPSA) is 76.7 Å². The largest absolute Gasteiger partial charge is 0.369 e. The second-order valence-corrected chi connectivity index (χ2v) is 5.48. The normalized spacial score (nSPS) is 11.2. The molecule has 0 saturated carbocycles. The number of fused-ring (bicyclic) bond motifs is 1. The molecule has 2 aromatic heterocycles. The summed E-state index contributed by atoms with van der Waals surface area (Å²) in [4.78, 5) is 13.3. The molecule has 0 aliphatic carbocycles. The van der Waals surface area contributed by atoms with Crippen LogP contribution in [-0.4, -0.2) is 26.7 Å². The summed E-state index contributed by atoms with van der Waals surface area (Å²) in [5.74, 6) is 2.54. The van der Waals surface area contributed by atoms with Crippen LogP contribution >= 0.6 is 0 Å². The second kappa shape index (κ2) is 6.51. The van der Waals surface area contributed by atoms with Gasteiger partial charge in [0.25, 0.3) is 0 Å². The quantitative estimate of drug-likeness (QED) is 0.704. The Hall–Kier alpha value is -2.50. The zero-order valence-corrected chi connectivity index (χ0v) is 12.8. The van der Waals surface area contributed by atoms with E-state index in [0.29, 0.717) is 11.8 Å². The van der Waals surface area contributed by atoms with E-state index in [4.69, 9.17) is 4.52 Å². The lowest BCUT2D eigenvalue weighted by Crippen LogP contribution is -2.05. The number of hydrogen-bond donors (Lipinski definition) is 1. The molecule has 6 nitrogen and oxygen atoms in total. The standard InChI is InChI=1S/C16H19N5O/c1-11(2)16-20-15(22-21-16)8-5-9-17-14-10-18-12-6-3-4-7-13(12)19-14/h3-4,6-7,10-11H,5,8-9H2,1-2H3,(H,17,19). The summed E-state index contributed by atoms with van der Waals surface area (Å²) in [6.07, 6.45) is 3.41. The van der Waals surface area contributed by atoms with E-state index in [0.717, 1.165) is 42.1 Å². The van der Waals surface area contributed by atoms with Crippen LogP contribution in [0.2, 0.25) is 0 Å². The van der Waals surface area contributed by atoms with Crippen molar-refractivity contribution < 1.29 is 4.52 Å². The number of rotatable bonds is 6. The molecule has 2 heterocycles. The van der Waals surface area contributed by atoms with Gasteiger partial charge in [-0.1, -0.05) is 31.1 Å². The van der Waals surface area contributed by atoms with Gasteiger partial charge < -0.3 is 9.84 Å². The molecule has 22 heavy (non-hydrogen) atoms. The van der Waals surface area contributed by atoms with Gasteiger partial charge in [0.1, 0.15) is 5.82 Å². The Morgan fingerprint density at radius 1 is 1.14 bits per heavy atom. The molecule has 1 N–H and O–H groups in total. The lowest BCUT2D eigenvalue weighted by atomic mass is 10.2. The number of aromatic nitrogens is 4. The summed E-state index contributed by atoms with van der Waals surface area (Å²) in [5.41, 5.74) is 1.80. The number of hydrogen-bond acceptors (Lipinski definition) is 6. The van der Waals surface area contributed by atoms with Crippen molar-refractivity contribution in [2.75, 3.05) is 11.9 Å². The van der Waals surface area contributed by atoms with Gasteiger partial charge in [-0.25, -0.2) is 4.98 Å². The van der Waals surface area contributed by atoms with Crippen LogP contribution in [0.4, 0.5) is 5.82 Å². The molecule has 0 spiro atoms. The highest BCUT2D eigenvalue weighted by molar-refractivity contribution is 5.75. The monoisotopic (exact) mass is 297 g/mol. The van der Waals surface area contributed by atoms with Crippen LogP contribution in [0.5, 0.6) is 0 Å². The molecule has 3 rings (SSSR count). The summed E-state index contributed by atoms with van der Waals surface area (Å²) in [6.45, 7) is 4.88. The minimum Gasteiger partial charge on any atom is -0.369 e. The number of aryl methyl sites for hydroxylation is 1. The maximum atomic E-state index is 5.22. The van der Waals surface area contributed by atoms with Crippen molar-refractivity contribution in [3.63, 3.8) is 0 Å². The molecule has 0 aliphatic heterocycles. The lowest BCUT2D eigenvalue weighted by Gasteiger charge is -2.05. The maximum Gasteiger partial charge on any atom is 0.226 e. The Kier molecular flexibility index (Phi) is 4.27. The van der Waals surface area contributed by atoms with Gasteiger partial charge in [0.2, 0.25) is 5.89 Å². The fourth-order valence-electron chi connectivity index (χ4n) is 2.10. The van der Waals surface area contributed by atoms with Crippen molar-refractivity contribution >= 4 is 16.9 Å². The Balaban J connectivity index is 1.51. The first kappa shape index (κ1) is 14.4. The summed E-state index contributed by atoms with van der Waals surface area (Å²) in [6, 6.07) is 7.83. The predicted octanol–water partition coefficient (Wildman–Crippen LogP) is 3.18. The van der Waals surface area contributed by atoms with Crippen molar-refractivity contribution in [3.05, 3.63) is 42.2 Å². The third-order valence-electron chi connectivity index (χ3n) is 3.32. The maximum absolute atomic E-state index is 5.22. The summed E-state index contributed by atoms with van der Waals surface area (Å²) in [5, 5.41) is 7.23. The molecule has 6 heteroatoms. The molecular formula is C16H19N5O. The Labute approximate surface area is 129 Å². The van der Waals surface area contributed by atoms with Gasteiger partial charge in [-0.2, -0.15) is 4.98 Å². The van der Waals surface area contributed by atoms with Crippen LogP contribution in [-0.2, 0) is 6.42 Å². The third kappa shape index (κ3) is 3.39. The molecule has 0 radical (unpaired) electrons. The van der Waals surface area contributed by atoms with Crippen LogP contribution in [0.25, 0.3) is 11.0 Å². The number of benzene rings is 1. The van der Waals surface area contributed by atoms with Crippen molar-refractivity contribution in [2.24, 2.45) is 0 Å². The zero-order valence-electron chi connectivity index (χ0n) is 12.8. The highest BCUT2D eigenvalue weighted by atomic mass is 16.5. The van der Waals surface area contributed by atoms with Crippen LogP contribution in [0.3, 0.4) is 0 Å². The van der Waals surface area contributed by atoms with Gasteiger partial charge in [-0.15, -0.1) is 0 Å². The van der Waals surface area contributed by atoms with Gasteiger partial charge in [-0.3, -0.25) is 4.98 Å². The number of nitrogens with one attached hydrogen (secondary N) is 1. The fraction of sp³-hybridized carbons (Fsp3) is 0.375. The van der Waals surface area contributed by atoms with Crippen LogP contribution < -0.4 is 5.32 Å². The first-order chi connectivity index (χ1) is 10.7. The van der Waals surface area contributed by atoms with Crippen LogP contribution in [0.1, 0.15) is 37.9 Å². The molecule has 114 valence electrons. The smallest absolute Gasteiger partial charge is 0.226 e. The van der Waals surface area contributed by atoms with E-state index in [1.54, 1.807) is 6.20 Å². The Bertz CT molecular complexity index is 753. The van der Waals surface area contributed by atoms with E-state index >= 15 is 0 Å². The van der Waals surface area contributed by atoms with Crippen molar-refractivity contribution in [3.8, 4) is 0 Å². The van der Waals surface area contributed by atoms with Gasteiger partial charge in [-0.05, 0) is 18.6 Å². The number of para-hydroxylation sites is 2. The highest BCUT2D eigenvalue weighted by Crippen LogP contribution is 2.12. The zero-order chi connectivity index (χ0) is 15.4. The summed E-state index contributed by atoms with van der Waals surface area (Å²) >= 11 is 0. The molecule has 0 saturated heterocycles. The van der Waals surface area contributed by atoms with Crippen molar-refractivity contribution in [2.45, 2.75) is 32.6 Å². The molecule has 0 fully saturated rings. The lowest BCUT2D eigenvalue weighted by molar-refractivity contribution is 0.369. The fourth-order valence-corrected chi connectivity index (χ4v) is 2.10. The van der Waals surface area contributed by atoms with Crippen molar-refractivity contribution in [1.82, 2.24) is 20.1 Å². The average Bonchev–Trinajstić information content (AvgIpc) is 3.00. The van der Waals surface area contributed by atoms with Crippen LogP contribution in [0.15, 0.2) is 35.0 Å². The Morgan fingerprint density at radius 3 is 2.73 bits per heavy atom. The van der Waals surface area contributed by atoms with Gasteiger partial charge >= 0.3 is 0 Å². The SMILES string of the molecule is CC(C)c1noc(CCCNc2cnc3ccccc3n2)n1. The van der Waals surface area contributed by atoms with Crippen LogP contribution in [0, 0.1) is 0 Å². The summed E-state index contributed by atoms with van der Waals surface area (Å²) < 4.78 is 5.22. The van der Waals surface area contributed by atoms with E-state index in [2.05, 4.69) is 39.3 Å². The molecule has 0 unspecified atom stereocenters. The average molecular weight is 297 g/mol. The minimum absolute atomic E-state index is 0.295. The van der Waals surface area contributed by atoms with Gasteiger partial charge in [0.05, 0.1) is 17.2 Å².